The quantitative estimate of drug-likeness (QED) is 0.613. The van der Waals surface area contributed by atoms with E-state index in [1.165, 1.54) is 0 Å². The molecule has 1 unspecified atom stereocenters. The molecular formula is C20H23N4O2S+. The second-order valence-electron chi connectivity index (χ2n) is 6.43. The molecule has 1 amide bonds. The number of hydrogen-bond acceptors (Lipinski definition) is 5. The Morgan fingerprint density at radius 3 is 2.78 bits per heavy atom. The number of amides is 1. The fourth-order valence-corrected chi connectivity index (χ4v) is 3.31. The molecule has 0 fully saturated rings. The van der Waals surface area contributed by atoms with E-state index in [0.29, 0.717) is 24.9 Å². The van der Waals surface area contributed by atoms with Crippen molar-refractivity contribution in [2.24, 2.45) is 0 Å². The first-order valence-corrected chi connectivity index (χ1v) is 9.91. The summed E-state index contributed by atoms with van der Waals surface area (Å²) >= 11 is 1.61. The summed E-state index contributed by atoms with van der Waals surface area (Å²) < 4.78 is 5.75. The Kier molecular flexibility index (Phi) is 6.26. The highest BCUT2D eigenvalue weighted by atomic mass is 32.2. The largest absolute Gasteiger partial charge is 0.415 e. The molecule has 0 aliphatic heterocycles. The number of likely N-dealkylation sites (N-methyl/N-ethyl adjacent to an activating group) is 1. The maximum atomic E-state index is 12.3. The lowest BCUT2D eigenvalue weighted by Crippen LogP contribution is -3.08. The number of benzene rings is 2. The van der Waals surface area contributed by atoms with Crippen LogP contribution in [0.25, 0.3) is 11.5 Å². The van der Waals surface area contributed by atoms with Crippen molar-refractivity contribution in [1.82, 2.24) is 10.2 Å². The summed E-state index contributed by atoms with van der Waals surface area (Å²) in [5.74, 6) is 0.966. The molecule has 0 saturated heterocycles. The maximum Gasteiger partial charge on any atom is 0.279 e. The average Bonchev–Trinajstić information content (AvgIpc) is 3.10. The number of anilines is 1. The standard InChI is InChI=1S/C20H22N4O2S/c1-14-7-6-8-15(11-14)20-23-22-19(26-20)13-24(2)12-18(25)21-16-9-4-5-10-17(16)27-3/h4-11H,12-13H2,1-3H3,(H,21,25)/p+1. The third-order valence-electron chi connectivity index (χ3n) is 4.03. The van der Waals surface area contributed by atoms with Crippen LogP contribution >= 0.6 is 11.8 Å². The summed E-state index contributed by atoms with van der Waals surface area (Å²) in [6.45, 7) is 2.81. The molecule has 1 heterocycles. The van der Waals surface area contributed by atoms with Gasteiger partial charge in [-0.3, -0.25) is 4.79 Å². The highest BCUT2D eigenvalue weighted by Crippen LogP contribution is 2.24. The third-order valence-corrected chi connectivity index (χ3v) is 4.82. The van der Waals surface area contributed by atoms with Crippen LogP contribution in [0.2, 0.25) is 0 Å². The minimum Gasteiger partial charge on any atom is -0.415 e. The summed E-state index contributed by atoms with van der Waals surface area (Å²) in [5.41, 5.74) is 2.87. The number of nitrogens with zero attached hydrogens (tertiary/aromatic N) is 2. The zero-order valence-corrected chi connectivity index (χ0v) is 16.5. The summed E-state index contributed by atoms with van der Waals surface area (Å²) in [6.07, 6.45) is 1.99. The van der Waals surface area contributed by atoms with E-state index in [1.54, 1.807) is 11.8 Å². The van der Waals surface area contributed by atoms with E-state index in [2.05, 4.69) is 15.5 Å². The number of thioether (sulfide) groups is 1. The molecule has 7 heteroatoms. The summed E-state index contributed by atoms with van der Waals surface area (Å²) in [6, 6.07) is 15.7. The number of para-hydroxylation sites is 1. The van der Waals surface area contributed by atoms with Gasteiger partial charge >= 0.3 is 0 Å². The third kappa shape index (κ3) is 5.18. The number of carbonyl (C=O) groups excluding carboxylic acids is 1. The number of rotatable bonds is 7. The molecule has 0 spiro atoms. The monoisotopic (exact) mass is 383 g/mol. The Bertz CT molecular complexity index is 926. The normalized spacial score (nSPS) is 12.0. The summed E-state index contributed by atoms with van der Waals surface area (Å²) in [7, 11) is 1.93. The van der Waals surface area contributed by atoms with Crippen molar-refractivity contribution >= 4 is 23.4 Å². The molecule has 27 heavy (non-hydrogen) atoms. The lowest BCUT2D eigenvalue weighted by molar-refractivity contribution is -0.886. The first kappa shape index (κ1) is 19.1. The number of carbonyl (C=O) groups is 1. The van der Waals surface area contributed by atoms with E-state index < -0.39 is 0 Å². The van der Waals surface area contributed by atoms with Crippen molar-refractivity contribution in [2.75, 3.05) is 25.2 Å². The van der Waals surface area contributed by atoms with Gasteiger partial charge in [0.1, 0.15) is 0 Å². The molecule has 0 aliphatic rings. The molecule has 0 saturated carbocycles. The van der Waals surface area contributed by atoms with Crippen molar-refractivity contribution in [3.63, 3.8) is 0 Å². The van der Waals surface area contributed by atoms with Crippen LogP contribution in [0.3, 0.4) is 0 Å². The topological polar surface area (TPSA) is 72.5 Å². The Morgan fingerprint density at radius 2 is 2.00 bits per heavy atom. The minimum absolute atomic E-state index is 0.0487. The molecule has 1 atom stereocenters. The van der Waals surface area contributed by atoms with E-state index >= 15 is 0 Å². The number of aromatic nitrogens is 2. The highest BCUT2D eigenvalue weighted by Gasteiger charge is 2.16. The van der Waals surface area contributed by atoms with Gasteiger partial charge in [0.05, 0.1) is 12.7 Å². The van der Waals surface area contributed by atoms with Crippen molar-refractivity contribution in [1.29, 1.82) is 0 Å². The van der Waals surface area contributed by atoms with Crippen LogP contribution in [0.15, 0.2) is 57.8 Å². The van der Waals surface area contributed by atoms with Gasteiger partial charge in [0.15, 0.2) is 13.1 Å². The first-order valence-electron chi connectivity index (χ1n) is 8.68. The Morgan fingerprint density at radius 1 is 1.19 bits per heavy atom. The van der Waals surface area contributed by atoms with E-state index in [-0.39, 0.29) is 5.91 Å². The predicted octanol–water partition coefficient (Wildman–Crippen LogP) is 2.42. The van der Waals surface area contributed by atoms with Crippen LogP contribution in [0, 0.1) is 6.92 Å². The van der Waals surface area contributed by atoms with Crippen LogP contribution in [-0.2, 0) is 11.3 Å². The number of aryl methyl sites for hydroxylation is 1. The van der Waals surface area contributed by atoms with Crippen LogP contribution < -0.4 is 10.2 Å². The SMILES string of the molecule is CSc1ccccc1NC(=O)C[NH+](C)Cc1nnc(-c2cccc(C)c2)o1. The predicted molar refractivity (Wildman–Crippen MR) is 107 cm³/mol. The van der Waals surface area contributed by atoms with E-state index in [4.69, 9.17) is 4.42 Å². The van der Waals surface area contributed by atoms with Gasteiger partial charge < -0.3 is 14.6 Å². The molecule has 140 valence electrons. The van der Waals surface area contributed by atoms with Gasteiger partial charge in [-0.05, 0) is 37.4 Å². The van der Waals surface area contributed by atoms with Crippen molar-refractivity contribution in [3.05, 3.63) is 60.0 Å². The Labute approximate surface area is 163 Å². The summed E-state index contributed by atoms with van der Waals surface area (Å²) in [5, 5.41) is 11.2. The fraction of sp³-hybridized carbons (Fsp3) is 0.250. The van der Waals surface area contributed by atoms with Crippen molar-refractivity contribution in [2.45, 2.75) is 18.4 Å². The van der Waals surface area contributed by atoms with Crippen LogP contribution in [0.1, 0.15) is 11.5 Å². The maximum absolute atomic E-state index is 12.3. The molecule has 0 bridgehead atoms. The van der Waals surface area contributed by atoms with Gasteiger partial charge in [-0.15, -0.1) is 22.0 Å². The van der Waals surface area contributed by atoms with Gasteiger partial charge in [0, 0.05) is 10.5 Å². The average molecular weight is 383 g/mol. The lowest BCUT2D eigenvalue weighted by Gasteiger charge is -2.13. The molecule has 3 rings (SSSR count). The zero-order chi connectivity index (χ0) is 19.2. The van der Waals surface area contributed by atoms with Crippen molar-refractivity contribution in [3.8, 4) is 11.5 Å². The molecule has 6 nitrogen and oxygen atoms in total. The number of nitrogens with one attached hydrogen (secondary N) is 2. The highest BCUT2D eigenvalue weighted by molar-refractivity contribution is 7.98. The lowest BCUT2D eigenvalue weighted by atomic mass is 10.1. The van der Waals surface area contributed by atoms with E-state index in [9.17, 15) is 4.79 Å². The zero-order valence-electron chi connectivity index (χ0n) is 15.7. The fourth-order valence-electron chi connectivity index (χ4n) is 2.76. The van der Waals surface area contributed by atoms with Crippen LogP contribution in [-0.4, -0.2) is 36.0 Å². The van der Waals surface area contributed by atoms with Gasteiger partial charge in [-0.2, -0.15) is 0 Å². The number of hydrogen-bond donors (Lipinski definition) is 2. The molecule has 2 N–H and O–H groups in total. The second kappa shape index (κ2) is 8.83. The molecule has 1 aromatic heterocycles. The van der Waals surface area contributed by atoms with Crippen LogP contribution in [0.5, 0.6) is 0 Å². The molecular weight excluding hydrogens is 360 g/mol. The second-order valence-corrected chi connectivity index (χ2v) is 7.28. The molecule has 3 aromatic rings. The number of quaternary nitrogens is 1. The minimum atomic E-state index is -0.0487. The van der Waals surface area contributed by atoms with Gasteiger partial charge in [0.2, 0.25) is 5.89 Å². The van der Waals surface area contributed by atoms with Crippen molar-refractivity contribution < 1.29 is 14.1 Å². The molecule has 0 radical (unpaired) electrons. The smallest absolute Gasteiger partial charge is 0.279 e. The van der Waals surface area contributed by atoms with Gasteiger partial charge in [-0.1, -0.05) is 29.8 Å². The summed E-state index contributed by atoms with van der Waals surface area (Å²) in [4.78, 5) is 14.3. The molecule has 0 aliphatic carbocycles. The van der Waals surface area contributed by atoms with E-state index in [1.807, 2.05) is 68.8 Å². The van der Waals surface area contributed by atoms with Gasteiger partial charge in [-0.25, -0.2) is 0 Å². The molecule has 2 aromatic carbocycles. The first-order chi connectivity index (χ1) is 13.0. The Balaban J connectivity index is 1.58. The van der Waals surface area contributed by atoms with Crippen LogP contribution in [0.4, 0.5) is 5.69 Å². The Hall–Kier alpha value is -2.64. The van der Waals surface area contributed by atoms with E-state index in [0.717, 1.165) is 26.6 Å². The van der Waals surface area contributed by atoms with Gasteiger partial charge in [0.25, 0.3) is 11.8 Å².